The van der Waals surface area contributed by atoms with Crippen molar-refractivity contribution in [2.24, 2.45) is 0 Å². The van der Waals surface area contributed by atoms with Gasteiger partial charge < -0.3 is 68.2 Å². The number of carbonyl (C=O) groups is 3. The summed E-state index contributed by atoms with van der Waals surface area (Å²) in [5.41, 5.74) is 0.610. The van der Waals surface area contributed by atoms with Gasteiger partial charge in [-0.3, -0.25) is 4.79 Å². The first-order chi connectivity index (χ1) is 23.9. The molecular formula is C33H40O17. The first kappa shape index (κ1) is 38.5. The molecule has 17 nitrogen and oxygen atoms in total. The molecule has 9 atom stereocenters. The average Bonchev–Trinajstić information content (AvgIpc) is 3.38. The summed E-state index contributed by atoms with van der Waals surface area (Å²) in [5.74, 6) is -4.25. The quantitative estimate of drug-likeness (QED) is 0.0930. The summed E-state index contributed by atoms with van der Waals surface area (Å²) in [6, 6.07) is 11.0. The molecule has 5 N–H and O–H groups in total. The summed E-state index contributed by atoms with van der Waals surface area (Å²) in [6.45, 7) is -1.49. The fourth-order valence-corrected chi connectivity index (χ4v) is 5.42. The molecule has 0 radical (unpaired) electrons. The van der Waals surface area contributed by atoms with E-state index in [1.165, 1.54) is 39.5 Å². The Morgan fingerprint density at radius 3 is 2.10 bits per heavy atom. The lowest BCUT2D eigenvalue weighted by Crippen LogP contribution is -2.64. The van der Waals surface area contributed by atoms with E-state index >= 15 is 0 Å². The first-order valence-electron chi connectivity index (χ1n) is 15.3. The van der Waals surface area contributed by atoms with Crippen molar-refractivity contribution in [3.05, 3.63) is 59.7 Å². The number of aliphatic hydroxyl groups is 5. The van der Waals surface area contributed by atoms with E-state index in [9.17, 15) is 39.9 Å². The van der Waals surface area contributed by atoms with Crippen LogP contribution in [0.25, 0.3) is 6.08 Å². The molecule has 0 spiro atoms. The van der Waals surface area contributed by atoms with Crippen LogP contribution in [0.4, 0.5) is 0 Å². The highest BCUT2D eigenvalue weighted by Crippen LogP contribution is 2.40. The summed E-state index contributed by atoms with van der Waals surface area (Å²) in [4.78, 5) is 37.5. The lowest BCUT2D eigenvalue weighted by atomic mass is 9.98. The Hall–Kier alpha value is -4.33. The molecule has 2 saturated heterocycles. The van der Waals surface area contributed by atoms with E-state index < -0.39 is 92.5 Å². The summed E-state index contributed by atoms with van der Waals surface area (Å²) in [5, 5.41) is 53.2. The smallest absolute Gasteiger partial charge is 0.338 e. The Bertz CT molecular complexity index is 1470. The van der Waals surface area contributed by atoms with Crippen LogP contribution in [-0.4, -0.2) is 139 Å². The zero-order chi connectivity index (χ0) is 36.6. The third-order valence-electron chi connectivity index (χ3n) is 7.86. The van der Waals surface area contributed by atoms with Gasteiger partial charge in [0.2, 0.25) is 11.5 Å². The van der Waals surface area contributed by atoms with E-state index in [-0.39, 0.29) is 5.56 Å². The van der Waals surface area contributed by atoms with Gasteiger partial charge in [0, 0.05) is 13.0 Å². The SMILES string of the molecule is COc1cc(C=CC(=O)OC2C(O)C(CO)OC2(CO)OC2OC(COC(=O)c3ccccc3)C(OC(C)=O)C(O)C2O)cc(OC)c1OC. The van der Waals surface area contributed by atoms with Gasteiger partial charge >= 0.3 is 17.9 Å². The maximum atomic E-state index is 13.0. The van der Waals surface area contributed by atoms with Gasteiger partial charge in [-0.05, 0) is 35.9 Å². The predicted molar refractivity (Wildman–Crippen MR) is 167 cm³/mol. The number of aliphatic hydroxyl groups excluding tert-OH is 5. The minimum Gasteiger partial charge on any atom is -0.493 e. The van der Waals surface area contributed by atoms with Crippen molar-refractivity contribution < 1.29 is 82.5 Å². The molecule has 2 aromatic carbocycles. The largest absolute Gasteiger partial charge is 0.493 e. The number of hydrogen-bond acceptors (Lipinski definition) is 17. The number of benzene rings is 2. The van der Waals surface area contributed by atoms with Gasteiger partial charge in [-0.2, -0.15) is 0 Å². The van der Waals surface area contributed by atoms with E-state index in [1.807, 2.05) is 0 Å². The zero-order valence-corrected chi connectivity index (χ0v) is 27.6. The predicted octanol–water partition coefficient (Wildman–Crippen LogP) is -0.670. The van der Waals surface area contributed by atoms with Gasteiger partial charge in [0.05, 0.1) is 33.5 Å². The van der Waals surface area contributed by atoms with Crippen LogP contribution < -0.4 is 14.2 Å². The number of ether oxygens (including phenoxy) is 9. The van der Waals surface area contributed by atoms with E-state index in [0.29, 0.717) is 22.8 Å². The van der Waals surface area contributed by atoms with Crippen LogP contribution in [-0.2, 0) is 38.0 Å². The summed E-state index contributed by atoms with van der Waals surface area (Å²) < 4.78 is 49.0. The molecule has 0 bridgehead atoms. The molecule has 2 heterocycles. The summed E-state index contributed by atoms with van der Waals surface area (Å²) in [7, 11) is 4.25. The maximum Gasteiger partial charge on any atom is 0.338 e. The van der Waals surface area contributed by atoms with Crippen molar-refractivity contribution >= 4 is 24.0 Å². The molecule has 17 heteroatoms. The van der Waals surface area contributed by atoms with Gasteiger partial charge in [-0.25, -0.2) is 9.59 Å². The molecule has 9 unspecified atom stereocenters. The van der Waals surface area contributed by atoms with Crippen LogP contribution >= 0.6 is 0 Å². The molecule has 2 aliphatic heterocycles. The van der Waals surface area contributed by atoms with E-state index in [2.05, 4.69) is 0 Å². The summed E-state index contributed by atoms with van der Waals surface area (Å²) >= 11 is 0. The average molecular weight is 709 g/mol. The van der Waals surface area contributed by atoms with Crippen LogP contribution in [0.2, 0.25) is 0 Å². The standard InChI is InChI=1S/C33H40O17/c1-17(36)46-29-23(15-45-31(41)19-8-6-5-7-9-19)47-32(27(40)26(29)39)50-33(16-35)30(25(38)22(14-34)49-33)48-24(37)11-10-18-12-20(42-2)28(44-4)21(13-18)43-3/h5-13,22-23,25-27,29-30,32,34-35,38-40H,14-16H2,1-4H3. The second-order valence-corrected chi connectivity index (χ2v) is 11.1. The van der Waals surface area contributed by atoms with Crippen molar-refractivity contribution in [2.75, 3.05) is 41.2 Å². The Morgan fingerprint density at radius 1 is 0.880 bits per heavy atom. The van der Waals surface area contributed by atoms with Gasteiger partial charge in [0.15, 0.2) is 30.0 Å². The molecule has 0 amide bonds. The molecule has 2 aliphatic rings. The van der Waals surface area contributed by atoms with Crippen molar-refractivity contribution in [2.45, 2.75) is 61.7 Å². The van der Waals surface area contributed by atoms with Gasteiger partial charge in [0.25, 0.3) is 0 Å². The summed E-state index contributed by atoms with van der Waals surface area (Å²) in [6.07, 6.45) is -11.5. The zero-order valence-electron chi connectivity index (χ0n) is 27.6. The van der Waals surface area contributed by atoms with Crippen LogP contribution in [0.15, 0.2) is 48.5 Å². The van der Waals surface area contributed by atoms with E-state index in [4.69, 9.17) is 42.6 Å². The molecule has 0 aromatic heterocycles. The molecule has 50 heavy (non-hydrogen) atoms. The number of hydrogen-bond donors (Lipinski definition) is 5. The molecule has 2 aromatic rings. The maximum absolute atomic E-state index is 13.0. The Kier molecular flexibility index (Phi) is 13.1. The molecule has 0 aliphatic carbocycles. The molecule has 0 saturated carbocycles. The van der Waals surface area contributed by atoms with Crippen LogP contribution in [0.5, 0.6) is 17.2 Å². The second-order valence-electron chi connectivity index (χ2n) is 11.1. The fraction of sp³-hybridized carbons (Fsp3) is 0.485. The van der Waals surface area contributed by atoms with Crippen LogP contribution in [0, 0.1) is 0 Å². The minimum atomic E-state index is -2.48. The fourth-order valence-electron chi connectivity index (χ4n) is 5.42. The highest BCUT2D eigenvalue weighted by atomic mass is 16.8. The minimum absolute atomic E-state index is 0.187. The van der Waals surface area contributed by atoms with Crippen LogP contribution in [0.3, 0.4) is 0 Å². The third-order valence-corrected chi connectivity index (χ3v) is 7.86. The van der Waals surface area contributed by atoms with Crippen molar-refractivity contribution in [1.82, 2.24) is 0 Å². The Labute approximate surface area is 286 Å². The van der Waals surface area contributed by atoms with Gasteiger partial charge in [-0.1, -0.05) is 18.2 Å². The number of carbonyl (C=O) groups excluding carboxylic acids is 3. The highest BCUT2D eigenvalue weighted by Gasteiger charge is 2.61. The first-order valence-corrected chi connectivity index (χ1v) is 15.3. The van der Waals surface area contributed by atoms with E-state index in [1.54, 1.807) is 30.3 Å². The molecule has 2 fully saturated rings. The molecular weight excluding hydrogens is 668 g/mol. The third kappa shape index (κ3) is 8.51. The van der Waals surface area contributed by atoms with Crippen molar-refractivity contribution in [3.63, 3.8) is 0 Å². The Morgan fingerprint density at radius 2 is 1.54 bits per heavy atom. The van der Waals surface area contributed by atoms with E-state index in [0.717, 1.165) is 13.0 Å². The lowest BCUT2D eigenvalue weighted by Gasteiger charge is -2.44. The molecule has 4 rings (SSSR count). The van der Waals surface area contributed by atoms with Gasteiger partial charge in [-0.15, -0.1) is 0 Å². The van der Waals surface area contributed by atoms with Gasteiger partial charge in [0.1, 0.15) is 43.7 Å². The lowest BCUT2D eigenvalue weighted by molar-refractivity contribution is -0.383. The number of rotatable bonds is 14. The number of methoxy groups -OCH3 is 3. The monoisotopic (exact) mass is 708 g/mol. The normalized spacial score (nSPS) is 29.3. The Balaban J connectivity index is 1.56. The molecule has 274 valence electrons. The topological polar surface area (TPSA) is 235 Å². The van der Waals surface area contributed by atoms with Crippen molar-refractivity contribution in [3.8, 4) is 17.2 Å². The second kappa shape index (κ2) is 17.1. The highest BCUT2D eigenvalue weighted by molar-refractivity contribution is 5.89. The van der Waals surface area contributed by atoms with Crippen LogP contribution in [0.1, 0.15) is 22.8 Å². The van der Waals surface area contributed by atoms with Crippen molar-refractivity contribution in [1.29, 1.82) is 0 Å². The number of esters is 3.